The van der Waals surface area contributed by atoms with Gasteiger partial charge in [-0.3, -0.25) is 10.1 Å². The zero-order chi connectivity index (χ0) is 14.5. The molecule has 20 heavy (non-hydrogen) atoms. The van der Waals surface area contributed by atoms with E-state index in [1.807, 2.05) is 12.1 Å². The van der Waals surface area contributed by atoms with Crippen LogP contribution in [0.5, 0.6) is 0 Å². The summed E-state index contributed by atoms with van der Waals surface area (Å²) in [6.07, 6.45) is 1.36. The van der Waals surface area contributed by atoms with Crippen LogP contribution in [0.1, 0.15) is 5.56 Å². The summed E-state index contributed by atoms with van der Waals surface area (Å²) in [6, 6.07) is 11.9. The van der Waals surface area contributed by atoms with Gasteiger partial charge in [-0.1, -0.05) is 29.4 Å². The number of hydrogen-bond acceptors (Lipinski definition) is 5. The zero-order valence-electron chi connectivity index (χ0n) is 10.2. The predicted octanol–water partition coefficient (Wildman–Crippen LogP) is 3.69. The summed E-state index contributed by atoms with van der Waals surface area (Å²) < 4.78 is 0. The average Bonchev–Trinajstić information content (AvgIpc) is 2.43. The Labute approximate surface area is 124 Å². The lowest BCUT2D eigenvalue weighted by Crippen LogP contribution is -1.94. The van der Waals surface area contributed by atoms with Gasteiger partial charge in [0, 0.05) is 21.5 Å². The Morgan fingerprint density at radius 3 is 2.55 bits per heavy atom. The summed E-state index contributed by atoms with van der Waals surface area (Å²) in [6.45, 7) is 0. The predicted molar refractivity (Wildman–Crippen MR) is 80.5 cm³/mol. The van der Waals surface area contributed by atoms with E-state index in [9.17, 15) is 10.1 Å². The molecule has 5 nitrogen and oxygen atoms in total. The largest absolute Gasteiger partial charge is 0.323 e. The lowest BCUT2D eigenvalue weighted by molar-refractivity contribution is -0.387. The van der Waals surface area contributed by atoms with Gasteiger partial charge in [0.2, 0.25) is 0 Å². The Kier molecular flexibility index (Phi) is 4.60. The van der Waals surface area contributed by atoms with Gasteiger partial charge in [-0.25, -0.2) is 0 Å². The van der Waals surface area contributed by atoms with Crippen LogP contribution in [0.2, 0.25) is 5.02 Å². The molecule has 2 aromatic rings. The number of halogens is 1. The molecule has 7 heteroatoms. The van der Waals surface area contributed by atoms with E-state index in [4.69, 9.17) is 17.4 Å². The van der Waals surface area contributed by atoms with Crippen molar-refractivity contribution in [3.05, 3.63) is 63.2 Å². The molecule has 0 atom stereocenters. The van der Waals surface area contributed by atoms with Crippen LogP contribution in [0.4, 0.5) is 5.69 Å². The first kappa shape index (κ1) is 14.4. The second-order valence-corrected chi connectivity index (χ2v) is 5.37. The third kappa shape index (κ3) is 3.49. The van der Waals surface area contributed by atoms with E-state index < -0.39 is 4.92 Å². The second-order valence-electron chi connectivity index (χ2n) is 3.82. The van der Waals surface area contributed by atoms with Crippen molar-refractivity contribution >= 4 is 35.3 Å². The third-order valence-corrected chi connectivity index (χ3v) is 3.77. The number of rotatable bonds is 4. The van der Waals surface area contributed by atoms with Crippen LogP contribution in [-0.4, -0.2) is 11.1 Å². The van der Waals surface area contributed by atoms with Crippen molar-refractivity contribution in [1.29, 1.82) is 0 Å². The monoisotopic (exact) mass is 307 g/mol. The number of nitrogens with zero attached hydrogens (tertiary/aromatic N) is 2. The van der Waals surface area contributed by atoms with Crippen molar-refractivity contribution in [2.75, 3.05) is 0 Å². The number of benzene rings is 2. The van der Waals surface area contributed by atoms with Crippen LogP contribution in [0.15, 0.2) is 57.4 Å². The van der Waals surface area contributed by atoms with E-state index >= 15 is 0 Å². The Morgan fingerprint density at radius 2 is 1.95 bits per heavy atom. The first-order valence-corrected chi connectivity index (χ1v) is 6.74. The maximum atomic E-state index is 11.1. The Balaban J connectivity index is 2.35. The van der Waals surface area contributed by atoms with Crippen LogP contribution < -0.4 is 5.84 Å². The van der Waals surface area contributed by atoms with Crippen LogP contribution in [-0.2, 0) is 0 Å². The second kappa shape index (κ2) is 6.40. The molecule has 2 N–H and O–H groups in total. The molecule has 0 saturated carbocycles. The molecule has 0 heterocycles. The van der Waals surface area contributed by atoms with Crippen molar-refractivity contribution in [2.45, 2.75) is 9.79 Å². The first-order valence-electron chi connectivity index (χ1n) is 5.55. The highest BCUT2D eigenvalue weighted by Crippen LogP contribution is 2.35. The molecule has 0 aliphatic carbocycles. The molecule has 0 unspecified atom stereocenters. The molecule has 0 radical (unpaired) electrons. The average molecular weight is 308 g/mol. The highest BCUT2D eigenvalue weighted by Gasteiger charge is 2.15. The maximum Gasteiger partial charge on any atom is 0.283 e. The molecule has 2 aromatic carbocycles. The summed E-state index contributed by atoms with van der Waals surface area (Å²) in [5.74, 6) is 5.04. The van der Waals surface area contributed by atoms with Gasteiger partial charge in [-0.15, -0.1) is 0 Å². The van der Waals surface area contributed by atoms with Crippen LogP contribution in [0.3, 0.4) is 0 Å². The minimum absolute atomic E-state index is 0.0161. The van der Waals surface area contributed by atoms with E-state index in [1.54, 1.807) is 24.3 Å². The number of hydrazone groups is 1. The van der Waals surface area contributed by atoms with Gasteiger partial charge < -0.3 is 5.84 Å². The third-order valence-electron chi connectivity index (χ3n) is 2.44. The van der Waals surface area contributed by atoms with Crippen molar-refractivity contribution in [1.82, 2.24) is 0 Å². The smallest absolute Gasteiger partial charge is 0.283 e. The summed E-state index contributed by atoms with van der Waals surface area (Å²) in [5.41, 5.74) is 0.599. The normalized spacial score (nSPS) is 10.8. The molecule has 0 aromatic heterocycles. The quantitative estimate of drug-likeness (QED) is 0.404. The maximum absolute atomic E-state index is 11.1. The van der Waals surface area contributed by atoms with Crippen LogP contribution in [0.25, 0.3) is 0 Å². The molecule has 0 aliphatic heterocycles. The SMILES string of the molecule is NN=Cc1ccc(Sc2ccc(Cl)cc2)c([N+](=O)[O-])c1. The minimum Gasteiger partial charge on any atom is -0.323 e. The molecule has 0 bridgehead atoms. The molecule has 2 rings (SSSR count). The number of nitro benzene ring substituents is 1. The van der Waals surface area contributed by atoms with Gasteiger partial charge in [-0.05, 0) is 30.3 Å². The number of hydrogen-bond donors (Lipinski definition) is 1. The van der Waals surface area contributed by atoms with Crippen LogP contribution in [0, 0.1) is 10.1 Å². The van der Waals surface area contributed by atoms with E-state index in [2.05, 4.69) is 5.10 Å². The number of nitrogens with two attached hydrogens (primary N) is 1. The van der Waals surface area contributed by atoms with Crippen molar-refractivity contribution in [3.63, 3.8) is 0 Å². The fraction of sp³-hybridized carbons (Fsp3) is 0. The fourth-order valence-electron chi connectivity index (χ4n) is 1.56. The molecular formula is C13H10ClN3O2S. The summed E-state index contributed by atoms with van der Waals surface area (Å²) in [4.78, 5) is 12.1. The van der Waals surface area contributed by atoms with Crippen LogP contribution >= 0.6 is 23.4 Å². The van der Waals surface area contributed by atoms with Gasteiger partial charge in [0.25, 0.3) is 5.69 Å². The summed E-state index contributed by atoms with van der Waals surface area (Å²) in [5, 5.41) is 15.1. The topological polar surface area (TPSA) is 81.5 Å². The van der Waals surface area contributed by atoms with E-state index in [0.29, 0.717) is 15.5 Å². The fourth-order valence-corrected chi connectivity index (χ4v) is 2.59. The molecule has 0 fully saturated rings. The van der Waals surface area contributed by atoms with Gasteiger partial charge in [0.05, 0.1) is 16.0 Å². The minimum atomic E-state index is -0.424. The summed E-state index contributed by atoms with van der Waals surface area (Å²) in [7, 11) is 0. The molecule has 0 saturated heterocycles. The Hall–Kier alpha value is -2.05. The lowest BCUT2D eigenvalue weighted by Gasteiger charge is -2.04. The first-order chi connectivity index (χ1) is 9.60. The van der Waals surface area contributed by atoms with Gasteiger partial charge >= 0.3 is 0 Å². The van der Waals surface area contributed by atoms with E-state index in [1.165, 1.54) is 24.0 Å². The molecule has 102 valence electrons. The zero-order valence-corrected chi connectivity index (χ0v) is 11.8. The number of nitro groups is 1. The van der Waals surface area contributed by atoms with Crippen molar-refractivity contribution < 1.29 is 4.92 Å². The Bertz CT molecular complexity index is 659. The molecule has 0 spiro atoms. The van der Waals surface area contributed by atoms with E-state index in [-0.39, 0.29) is 5.69 Å². The van der Waals surface area contributed by atoms with Gasteiger partial charge in [0.1, 0.15) is 0 Å². The standard InChI is InChI=1S/C13H10ClN3O2S/c14-10-2-4-11(5-3-10)20-13-6-1-9(8-16-15)7-12(13)17(18)19/h1-8H,15H2. The summed E-state index contributed by atoms with van der Waals surface area (Å²) >= 11 is 7.11. The van der Waals surface area contributed by atoms with Gasteiger partial charge in [-0.2, -0.15) is 5.10 Å². The Morgan fingerprint density at radius 1 is 1.25 bits per heavy atom. The lowest BCUT2D eigenvalue weighted by atomic mass is 10.2. The van der Waals surface area contributed by atoms with Gasteiger partial charge in [0.15, 0.2) is 0 Å². The van der Waals surface area contributed by atoms with E-state index in [0.717, 1.165) is 4.90 Å². The molecule has 0 aliphatic rings. The molecular weight excluding hydrogens is 298 g/mol. The highest BCUT2D eigenvalue weighted by molar-refractivity contribution is 7.99. The highest BCUT2D eigenvalue weighted by atomic mass is 35.5. The molecule has 0 amide bonds. The van der Waals surface area contributed by atoms with Crippen molar-refractivity contribution in [2.24, 2.45) is 10.9 Å². The van der Waals surface area contributed by atoms with Crippen molar-refractivity contribution in [3.8, 4) is 0 Å².